The predicted octanol–water partition coefficient (Wildman–Crippen LogP) is 2.45. The highest BCUT2D eigenvalue weighted by molar-refractivity contribution is 7.90. The summed E-state index contributed by atoms with van der Waals surface area (Å²) in [6.45, 7) is 0.657. The van der Waals surface area contributed by atoms with Crippen LogP contribution in [0.5, 0.6) is 0 Å². The highest BCUT2D eigenvalue weighted by Gasteiger charge is 2.21. The first-order valence-electron chi connectivity index (χ1n) is 8.17. The molecule has 1 aromatic rings. The maximum atomic E-state index is 12.4. The topological polar surface area (TPSA) is 87.6 Å². The molecule has 1 aliphatic carbocycles. The maximum Gasteiger partial charge on any atom is 0.262 e. The molecular weight excluding hydrogens is 326 g/mol. The number of rotatable bonds is 4. The van der Waals surface area contributed by atoms with Crippen LogP contribution in [-0.4, -0.2) is 26.7 Å². The molecule has 0 aromatic heterocycles. The fourth-order valence-electron chi connectivity index (χ4n) is 2.85. The summed E-state index contributed by atoms with van der Waals surface area (Å²) in [5, 5.41) is 2.82. The van der Waals surface area contributed by atoms with Gasteiger partial charge in [0.15, 0.2) is 0 Å². The van der Waals surface area contributed by atoms with E-state index in [4.69, 9.17) is 0 Å². The summed E-state index contributed by atoms with van der Waals surface area (Å²) < 4.78 is 27.3. The van der Waals surface area contributed by atoms with Gasteiger partial charge in [-0.2, -0.15) is 0 Å². The molecule has 128 valence electrons. The van der Waals surface area contributed by atoms with Gasteiger partial charge >= 0.3 is 0 Å². The van der Waals surface area contributed by atoms with Crippen molar-refractivity contribution in [1.29, 1.82) is 0 Å². The number of allylic oxidation sites excluding steroid dienone is 2. The summed E-state index contributed by atoms with van der Waals surface area (Å²) in [6.07, 6.45) is 8.05. The smallest absolute Gasteiger partial charge is 0.262 e. The quantitative estimate of drug-likeness (QED) is 0.820. The van der Waals surface area contributed by atoms with Gasteiger partial charge in [0.05, 0.1) is 4.90 Å². The van der Waals surface area contributed by atoms with Crippen LogP contribution in [0.1, 0.15) is 32.1 Å². The number of benzene rings is 1. The molecule has 7 heteroatoms. The zero-order valence-electron chi connectivity index (χ0n) is 13.4. The Morgan fingerprint density at radius 1 is 1.25 bits per heavy atom. The lowest BCUT2D eigenvalue weighted by Gasteiger charge is -2.17. The lowest BCUT2D eigenvalue weighted by atomic mass is 9.93. The molecule has 0 saturated carbocycles. The molecule has 0 bridgehead atoms. The van der Waals surface area contributed by atoms with E-state index in [1.54, 1.807) is 12.1 Å². The first-order chi connectivity index (χ1) is 11.5. The Balaban J connectivity index is 1.71. The minimum Gasteiger partial charge on any atom is -0.326 e. The van der Waals surface area contributed by atoms with Crippen molar-refractivity contribution in [3.05, 3.63) is 36.4 Å². The Kier molecular flexibility index (Phi) is 4.99. The average Bonchev–Trinajstić information content (AvgIpc) is 3.08. The van der Waals surface area contributed by atoms with Gasteiger partial charge in [-0.05, 0) is 43.9 Å². The molecule has 6 nitrogen and oxygen atoms in total. The summed E-state index contributed by atoms with van der Waals surface area (Å²) >= 11 is 0. The number of hydrogen-bond acceptors (Lipinski definition) is 4. The number of carbonyl (C=O) groups excluding carboxylic acids is 1. The predicted molar refractivity (Wildman–Crippen MR) is 93.4 cm³/mol. The van der Waals surface area contributed by atoms with E-state index < -0.39 is 10.0 Å². The van der Waals surface area contributed by atoms with Gasteiger partial charge < -0.3 is 5.32 Å². The van der Waals surface area contributed by atoms with Gasteiger partial charge in [0.25, 0.3) is 10.0 Å². The zero-order chi connectivity index (χ0) is 17.0. The summed E-state index contributed by atoms with van der Waals surface area (Å²) in [7, 11) is -3.67. The van der Waals surface area contributed by atoms with Crippen LogP contribution < -0.4 is 10.0 Å². The number of anilines is 1. The first kappa shape index (κ1) is 16.7. The number of nitrogens with zero attached hydrogens (tertiary/aromatic N) is 1. The van der Waals surface area contributed by atoms with Crippen molar-refractivity contribution in [3.8, 4) is 0 Å². The van der Waals surface area contributed by atoms with Gasteiger partial charge in [-0.1, -0.05) is 18.2 Å². The Labute approximate surface area is 142 Å². The average molecular weight is 347 g/mol. The highest BCUT2D eigenvalue weighted by atomic mass is 32.2. The van der Waals surface area contributed by atoms with E-state index >= 15 is 0 Å². The van der Waals surface area contributed by atoms with Gasteiger partial charge in [0.1, 0.15) is 5.84 Å². The lowest BCUT2D eigenvalue weighted by Crippen LogP contribution is -2.29. The van der Waals surface area contributed by atoms with Crippen molar-refractivity contribution in [1.82, 2.24) is 4.72 Å². The van der Waals surface area contributed by atoms with Crippen LogP contribution in [-0.2, 0) is 14.8 Å². The van der Waals surface area contributed by atoms with Crippen LogP contribution in [0.4, 0.5) is 5.69 Å². The van der Waals surface area contributed by atoms with Crippen molar-refractivity contribution in [2.24, 2.45) is 10.9 Å². The molecular formula is C17H21N3O3S. The summed E-state index contributed by atoms with van der Waals surface area (Å²) in [4.78, 5) is 16.5. The number of nitrogens with one attached hydrogen (secondary N) is 2. The van der Waals surface area contributed by atoms with Crippen LogP contribution in [0.25, 0.3) is 0 Å². The van der Waals surface area contributed by atoms with Crippen molar-refractivity contribution in [2.75, 3.05) is 11.9 Å². The van der Waals surface area contributed by atoms with Crippen molar-refractivity contribution in [3.63, 3.8) is 0 Å². The second-order valence-corrected chi connectivity index (χ2v) is 7.72. The number of carbonyl (C=O) groups is 1. The third kappa shape index (κ3) is 4.03. The van der Waals surface area contributed by atoms with Crippen LogP contribution in [0.15, 0.2) is 46.3 Å². The SMILES string of the molecule is O=C(Nc1cccc(S(=O)(=O)NC2=NCCC2)c1)C1CC=CCC1. The largest absolute Gasteiger partial charge is 0.326 e. The molecule has 24 heavy (non-hydrogen) atoms. The number of hydrogen-bond donors (Lipinski definition) is 2. The third-order valence-electron chi connectivity index (χ3n) is 4.18. The van der Waals surface area contributed by atoms with Crippen LogP contribution >= 0.6 is 0 Å². The van der Waals surface area contributed by atoms with E-state index in [9.17, 15) is 13.2 Å². The molecule has 1 aliphatic heterocycles. The molecule has 0 fully saturated rings. The monoisotopic (exact) mass is 347 g/mol. The third-order valence-corrected chi connectivity index (χ3v) is 5.56. The van der Waals surface area contributed by atoms with E-state index in [0.29, 0.717) is 24.5 Å². The lowest BCUT2D eigenvalue weighted by molar-refractivity contribution is -0.120. The highest BCUT2D eigenvalue weighted by Crippen LogP contribution is 2.22. The molecule has 2 N–H and O–H groups in total. The van der Waals surface area contributed by atoms with E-state index in [1.807, 2.05) is 6.08 Å². The number of sulfonamides is 1. The van der Waals surface area contributed by atoms with Gasteiger partial charge in [0.2, 0.25) is 5.91 Å². The molecule has 1 heterocycles. The van der Waals surface area contributed by atoms with Crippen molar-refractivity contribution in [2.45, 2.75) is 37.0 Å². The van der Waals surface area contributed by atoms with Crippen molar-refractivity contribution >= 4 is 27.5 Å². The van der Waals surface area contributed by atoms with Crippen LogP contribution in [0.2, 0.25) is 0 Å². The Morgan fingerprint density at radius 2 is 2.12 bits per heavy atom. The van der Waals surface area contributed by atoms with Gasteiger partial charge in [-0.3, -0.25) is 14.5 Å². The molecule has 1 amide bonds. The molecule has 0 radical (unpaired) electrons. The molecule has 3 rings (SSSR count). The molecule has 0 saturated heterocycles. The van der Waals surface area contributed by atoms with E-state index in [-0.39, 0.29) is 16.7 Å². The van der Waals surface area contributed by atoms with Gasteiger partial charge in [-0.15, -0.1) is 0 Å². The summed E-state index contributed by atoms with van der Waals surface area (Å²) in [5.74, 6) is 0.377. The first-order valence-corrected chi connectivity index (χ1v) is 9.65. The normalized spacial score (nSPS) is 20.5. The zero-order valence-corrected chi connectivity index (χ0v) is 14.2. The maximum absolute atomic E-state index is 12.4. The summed E-state index contributed by atoms with van der Waals surface area (Å²) in [6, 6.07) is 6.31. The Bertz CT molecular complexity index is 784. The second-order valence-electron chi connectivity index (χ2n) is 6.04. The molecule has 0 spiro atoms. The fourth-order valence-corrected chi connectivity index (χ4v) is 3.99. The van der Waals surface area contributed by atoms with E-state index in [2.05, 4.69) is 21.1 Å². The van der Waals surface area contributed by atoms with Crippen molar-refractivity contribution < 1.29 is 13.2 Å². The van der Waals surface area contributed by atoms with Crippen LogP contribution in [0.3, 0.4) is 0 Å². The molecule has 1 unspecified atom stereocenters. The van der Waals surface area contributed by atoms with E-state index in [1.165, 1.54) is 12.1 Å². The standard InChI is InChI=1S/C17H21N3O3S/c21-17(13-6-2-1-3-7-13)19-14-8-4-9-15(12-14)24(22,23)20-16-10-5-11-18-16/h1-2,4,8-9,12-13H,3,5-7,10-11H2,(H,18,20)(H,19,21). The molecule has 1 aromatic carbocycles. The van der Waals surface area contributed by atoms with Gasteiger partial charge in [-0.25, -0.2) is 8.42 Å². The Hall–Kier alpha value is -2.15. The minimum atomic E-state index is -3.67. The van der Waals surface area contributed by atoms with Crippen LogP contribution in [0, 0.1) is 5.92 Å². The second kappa shape index (κ2) is 7.17. The Morgan fingerprint density at radius 3 is 2.83 bits per heavy atom. The number of amides is 1. The molecule has 2 aliphatic rings. The fraction of sp³-hybridized carbons (Fsp3) is 0.412. The minimum absolute atomic E-state index is 0.0544. The van der Waals surface area contributed by atoms with Gasteiger partial charge in [0, 0.05) is 24.6 Å². The van der Waals surface area contributed by atoms with E-state index in [0.717, 1.165) is 25.7 Å². The summed E-state index contributed by atoms with van der Waals surface area (Å²) in [5.41, 5.74) is 0.491. The molecule has 1 atom stereocenters. The number of aliphatic imine (C=N–C) groups is 1. The number of amidine groups is 1.